The first-order valence-electron chi connectivity index (χ1n) is 5.33. The lowest BCUT2D eigenvalue weighted by molar-refractivity contribution is 0.475. The highest BCUT2D eigenvalue weighted by Gasteiger charge is 2.11. The highest BCUT2D eigenvalue weighted by atomic mass is 16.3. The normalized spacial score (nSPS) is 10.4. The summed E-state index contributed by atoms with van der Waals surface area (Å²) in [6.45, 7) is 1.98. The van der Waals surface area contributed by atoms with Crippen LogP contribution in [0.25, 0.3) is 11.1 Å². The number of phenols is 1. The third-order valence-electron chi connectivity index (χ3n) is 2.52. The number of benzene rings is 1. The Morgan fingerprint density at radius 2 is 1.76 bits per heavy atom. The predicted molar refractivity (Wildman–Crippen MR) is 67.3 cm³/mol. The van der Waals surface area contributed by atoms with E-state index >= 15 is 0 Å². The van der Waals surface area contributed by atoms with Gasteiger partial charge in [-0.1, -0.05) is 19.1 Å². The number of nitrogen functional groups attached to an aromatic ring is 2. The molecule has 0 atom stereocenters. The monoisotopic (exact) mass is 230 g/mol. The van der Waals surface area contributed by atoms with Crippen LogP contribution >= 0.6 is 0 Å². The molecule has 5 N–H and O–H groups in total. The van der Waals surface area contributed by atoms with Gasteiger partial charge in [0.2, 0.25) is 5.95 Å². The van der Waals surface area contributed by atoms with E-state index in [0.717, 1.165) is 16.8 Å². The Balaban J connectivity index is 2.61. The number of aryl methyl sites for hydroxylation is 1. The molecular formula is C12H14N4O. The zero-order valence-corrected chi connectivity index (χ0v) is 9.51. The fourth-order valence-corrected chi connectivity index (χ4v) is 1.74. The predicted octanol–water partition coefficient (Wildman–Crippen LogP) is 1.58. The molecule has 88 valence electrons. The summed E-state index contributed by atoms with van der Waals surface area (Å²) in [5.74, 6) is 0.753. The number of hydrogen-bond donors (Lipinski definition) is 3. The minimum Gasteiger partial charge on any atom is -0.508 e. The van der Waals surface area contributed by atoms with Gasteiger partial charge in [-0.15, -0.1) is 0 Å². The fraction of sp³-hybridized carbons (Fsp3) is 0.167. The van der Waals surface area contributed by atoms with Gasteiger partial charge in [0.1, 0.15) is 11.6 Å². The van der Waals surface area contributed by atoms with Gasteiger partial charge >= 0.3 is 0 Å². The van der Waals surface area contributed by atoms with Crippen LogP contribution in [0.3, 0.4) is 0 Å². The Morgan fingerprint density at radius 1 is 1.12 bits per heavy atom. The first-order valence-corrected chi connectivity index (χ1v) is 5.33. The zero-order chi connectivity index (χ0) is 12.4. The summed E-state index contributed by atoms with van der Waals surface area (Å²) >= 11 is 0. The maximum absolute atomic E-state index is 9.26. The lowest BCUT2D eigenvalue weighted by Gasteiger charge is -2.10. The second-order valence-electron chi connectivity index (χ2n) is 3.69. The molecule has 1 aromatic carbocycles. The molecule has 2 aromatic rings. The molecule has 0 spiro atoms. The maximum Gasteiger partial charge on any atom is 0.222 e. The van der Waals surface area contributed by atoms with E-state index in [1.165, 1.54) is 0 Å². The van der Waals surface area contributed by atoms with E-state index in [1.807, 2.05) is 6.92 Å². The van der Waals surface area contributed by atoms with E-state index < -0.39 is 0 Å². The highest BCUT2D eigenvalue weighted by Crippen LogP contribution is 2.29. The lowest BCUT2D eigenvalue weighted by Crippen LogP contribution is -2.06. The van der Waals surface area contributed by atoms with Gasteiger partial charge < -0.3 is 16.6 Å². The van der Waals surface area contributed by atoms with E-state index in [2.05, 4.69) is 9.97 Å². The Hall–Kier alpha value is -2.30. The van der Waals surface area contributed by atoms with Gasteiger partial charge in [-0.05, 0) is 24.1 Å². The van der Waals surface area contributed by atoms with Gasteiger partial charge in [-0.25, -0.2) is 4.98 Å². The Bertz CT molecular complexity index is 537. The van der Waals surface area contributed by atoms with Crippen molar-refractivity contribution in [1.82, 2.24) is 9.97 Å². The summed E-state index contributed by atoms with van der Waals surface area (Å²) in [5, 5.41) is 9.26. The number of nitrogens with two attached hydrogens (primary N) is 2. The van der Waals surface area contributed by atoms with E-state index in [1.54, 1.807) is 24.3 Å². The molecular weight excluding hydrogens is 216 g/mol. The van der Waals surface area contributed by atoms with Crippen molar-refractivity contribution in [1.29, 1.82) is 0 Å². The first kappa shape index (κ1) is 11.2. The van der Waals surface area contributed by atoms with Gasteiger partial charge in [-0.2, -0.15) is 4.98 Å². The number of nitrogens with zero attached hydrogens (tertiary/aromatic N) is 2. The largest absolute Gasteiger partial charge is 0.508 e. The highest BCUT2D eigenvalue weighted by molar-refractivity contribution is 5.77. The van der Waals surface area contributed by atoms with Crippen molar-refractivity contribution >= 4 is 11.8 Å². The average molecular weight is 230 g/mol. The van der Waals surface area contributed by atoms with Crippen LogP contribution in [0.2, 0.25) is 0 Å². The standard InChI is InChI=1S/C12H14N4O/c1-2-9-10(11(13)16-12(14)15-9)7-3-5-8(17)6-4-7/h3-6,17H,2H2,1H3,(H4,13,14,15,16). The Morgan fingerprint density at radius 3 is 2.35 bits per heavy atom. The van der Waals surface area contributed by atoms with Crippen molar-refractivity contribution in [3.63, 3.8) is 0 Å². The van der Waals surface area contributed by atoms with E-state index in [-0.39, 0.29) is 11.7 Å². The van der Waals surface area contributed by atoms with E-state index in [4.69, 9.17) is 11.5 Å². The third-order valence-corrected chi connectivity index (χ3v) is 2.52. The molecule has 0 saturated heterocycles. The van der Waals surface area contributed by atoms with Gasteiger partial charge in [0, 0.05) is 5.56 Å². The Labute approximate surface area is 99.1 Å². The molecule has 0 aliphatic rings. The van der Waals surface area contributed by atoms with Gasteiger partial charge in [0.05, 0.1) is 5.69 Å². The number of phenolic OH excluding ortho intramolecular Hbond substituents is 1. The second kappa shape index (κ2) is 4.29. The molecule has 5 heteroatoms. The lowest BCUT2D eigenvalue weighted by atomic mass is 10.0. The molecule has 0 radical (unpaired) electrons. The van der Waals surface area contributed by atoms with Crippen LogP contribution in [0.4, 0.5) is 11.8 Å². The van der Waals surface area contributed by atoms with Crippen LogP contribution in [-0.4, -0.2) is 15.1 Å². The summed E-state index contributed by atoms with van der Waals surface area (Å²) < 4.78 is 0. The molecule has 0 fully saturated rings. The maximum atomic E-state index is 9.26. The number of rotatable bonds is 2. The molecule has 0 unspecified atom stereocenters. The van der Waals surface area contributed by atoms with Gasteiger partial charge in [0.15, 0.2) is 0 Å². The number of hydrogen-bond acceptors (Lipinski definition) is 5. The molecule has 17 heavy (non-hydrogen) atoms. The van der Waals surface area contributed by atoms with Crippen LogP contribution in [-0.2, 0) is 6.42 Å². The second-order valence-corrected chi connectivity index (χ2v) is 3.69. The molecule has 0 aliphatic heterocycles. The van der Waals surface area contributed by atoms with Crippen LogP contribution in [0.1, 0.15) is 12.6 Å². The smallest absolute Gasteiger partial charge is 0.222 e. The van der Waals surface area contributed by atoms with Gasteiger partial charge in [-0.3, -0.25) is 0 Å². The molecule has 0 aliphatic carbocycles. The quantitative estimate of drug-likeness (QED) is 0.727. The number of aromatic hydroxyl groups is 1. The molecule has 0 bridgehead atoms. The summed E-state index contributed by atoms with van der Waals surface area (Å²) in [7, 11) is 0. The van der Waals surface area contributed by atoms with Crippen LogP contribution in [0.5, 0.6) is 5.75 Å². The summed E-state index contributed by atoms with van der Waals surface area (Å²) in [6, 6.07) is 6.76. The van der Waals surface area contributed by atoms with Crippen LogP contribution in [0, 0.1) is 0 Å². The number of aromatic nitrogens is 2. The Kier molecular flexibility index (Phi) is 2.82. The van der Waals surface area contributed by atoms with Crippen molar-refractivity contribution in [3.8, 4) is 16.9 Å². The zero-order valence-electron chi connectivity index (χ0n) is 9.51. The fourth-order valence-electron chi connectivity index (χ4n) is 1.74. The topological polar surface area (TPSA) is 98.0 Å². The molecule has 0 saturated carbocycles. The minimum atomic E-state index is 0.182. The molecule has 2 rings (SSSR count). The third kappa shape index (κ3) is 2.13. The molecule has 5 nitrogen and oxygen atoms in total. The van der Waals surface area contributed by atoms with Crippen molar-refractivity contribution in [2.24, 2.45) is 0 Å². The van der Waals surface area contributed by atoms with Crippen molar-refractivity contribution in [2.75, 3.05) is 11.5 Å². The SMILES string of the molecule is CCc1nc(N)nc(N)c1-c1ccc(O)cc1. The minimum absolute atomic E-state index is 0.182. The summed E-state index contributed by atoms with van der Waals surface area (Å²) in [4.78, 5) is 8.14. The summed E-state index contributed by atoms with van der Waals surface area (Å²) in [5.41, 5.74) is 13.9. The summed E-state index contributed by atoms with van der Waals surface area (Å²) in [6.07, 6.45) is 0.715. The van der Waals surface area contributed by atoms with Crippen molar-refractivity contribution in [2.45, 2.75) is 13.3 Å². The van der Waals surface area contributed by atoms with Crippen LogP contribution in [0.15, 0.2) is 24.3 Å². The van der Waals surface area contributed by atoms with Crippen LogP contribution < -0.4 is 11.5 Å². The van der Waals surface area contributed by atoms with Crippen molar-refractivity contribution in [3.05, 3.63) is 30.0 Å². The van der Waals surface area contributed by atoms with Crippen molar-refractivity contribution < 1.29 is 5.11 Å². The molecule has 1 heterocycles. The van der Waals surface area contributed by atoms with E-state index in [9.17, 15) is 5.11 Å². The van der Waals surface area contributed by atoms with Gasteiger partial charge in [0.25, 0.3) is 0 Å². The number of anilines is 2. The van der Waals surface area contributed by atoms with E-state index in [0.29, 0.717) is 12.2 Å². The molecule has 1 aromatic heterocycles. The average Bonchev–Trinajstić information content (AvgIpc) is 2.30. The molecule has 0 amide bonds. The first-order chi connectivity index (χ1) is 8.11.